The summed E-state index contributed by atoms with van der Waals surface area (Å²) < 4.78 is 5.01. The van der Waals surface area contributed by atoms with Crippen LogP contribution in [0.5, 0.6) is 0 Å². The van der Waals surface area contributed by atoms with Gasteiger partial charge in [0, 0.05) is 30.2 Å². The number of anilines is 1. The summed E-state index contributed by atoms with van der Waals surface area (Å²) in [4.78, 5) is 30.7. The van der Waals surface area contributed by atoms with Crippen LogP contribution in [0.25, 0.3) is 0 Å². The third kappa shape index (κ3) is 5.77. The largest absolute Gasteiger partial charge is 0.461 e. The maximum atomic E-state index is 12.2. The van der Waals surface area contributed by atoms with Gasteiger partial charge in [-0.2, -0.15) is 0 Å². The van der Waals surface area contributed by atoms with Crippen LogP contribution in [0.2, 0.25) is 0 Å². The normalized spacial score (nSPS) is 17.1. The minimum absolute atomic E-state index is 0.199. The molecule has 1 aliphatic heterocycles. The Kier molecular flexibility index (Phi) is 7.39. The number of urea groups is 1. The number of thiazole rings is 1. The number of para-hydroxylation sites is 1. The molecule has 150 valence electrons. The summed E-state index contributed by atoms with van der Waals surface area (Å²) in [5.74, 6) is -0.367. The molecule has 1 unspecified atom stereocenters. The number of carbonyl (C=O) groups is 2. The number of carbonyl (C=O) groups excluding carboxylic acids is 2. The second-order valence-corrected chi connectivity index (χ2v) is 7.54. The Morgan fingerprint density at radius 3 is 2.89 bits per heavy atom. The van der Waals surface area contributed by atoms with Gasteiger partial charge in [-0.05, 0) is 38.4 Å². The minimum Gasteiger partial charge on any atom is -0.461 e. The van der Waals surface area contributed by atoms with E-state index >= 15 is 0 Å². The first-order valence-electron chi connectivity index (χ1n) is 9.61. The summed E-state index contributed by atoms with van der Waals surface area (Å²) >= 11 is 1.31. The molecule has 8 heteroatoms. The molecule has 0 spiro atoms. The monoisotopic (exact) mass is 402 g/mol. The van der Waals surface area contributed by atoms with Gasteiger partial charge in [-0.15, -0.1) is 11.3 Å². The molecule has 7 nitrogen and oxygen atoms in total. The first kappa shape index (κ1) is 20.3. The lowest BCUT2D eigenvalue weighted by Gasteiger charge is -2.35. The molecular weight excluding hydrogens is 376 g/mol. The number of amides is 2. The molecule has 1 aromatic carbocycles. The van der Waals surface area contributed by atoms with Crippen LogP contribution in [0.1, 0.15) is 41.7 Å². The van der Waals surface area contributed by atoms with Gasteiger partial charge in [0.25, 0.3) is 0 Å². The van der Waals surface area contributed by atoms with E-state index in [2.05, 4.69) is 20.5 Å². The molecule has 0 bridgehead atoms. The number of ether oxygens (including phenoxy) is 1. The van der Waals surface area contributed by atoms with Crippen LogP contribution in [-0.4, -0.2) is 47.6 Å². The van der Waals surface area contributed by atoms with E-state index in [1.54, 1.807) is 6.92 Å². The summed E-state index contributed by atoms with van der Waals surface area (Å²) in [6.45, 7) is 4.33. The lowest BCUT2D eigenvalue weighted by molar-refractivity contribution is 0.0525. The first-order chi connectivity index (χ1) is 13.7. The second-order valence-electron chi connectivity index (χ2n) is 6.69. The SMILES string of the molecule is CCOC(=O)c1nc(CN2CCCCC2CNC(=O)Nc2ccccc2)cs1. The number of esters is 1. The van der Waals surface area contributed by atoms with Gasteiger partial charge in [-0.25, -0.2) is 14.6 Å². The zero-order valence-electron chi connectivity index (χ0n) is 16.0. The van der Waals surface area contributed by atoms with Crippen LogP contribution in [0.3, 0.4) is 0 Å². The molecule has 2 N–H and O–H groups in total. The molecule has 1 aliphatic rings. The summed E-state index contributed by atoms with van der Waals surface area (Å²) in [5, 5.41) is 8.12. The quantitative estimate of drug-likeness (QED) is 0.693. The van der Waals surface area contributed by atoms with Gasteiger partial charge in [0.2, 0.25) is 5.01 Å². The maximum Gasteiger partial charge on any atom is 0.367 e. The van der Waals surface area contributed by atoms with Crippen molar-refractivity contribution in [2.45, 2.75) is 38.8 Å². The highest BCUT2D eigenvalue weighted by Gasteiger charge is 2.24. The molecule has 1 aromatic heterocycles. The maximum absolute atomic E-state index is 12.2. The molecule has 2 aromatic rings. The Morgan fingerprint density at radius 1 is 1.29 bits per heavy atom. The van der Waals surface area contributed by atoms with E-state index in [-0.39, 0.29) is 18.0 Å². The zero-order chi connectivity index (χ0) is 19.8. The van der Waals surface area contributed by atoms with Gasteiger partial charge in [0.05, 0.1) is 12.3 Å². The zero-order valence-corrected chi connectivity index (χ0v) is 16.8. The summed E-state index contributed by atoms with van der Waals surface area (Å²) in [7, 11) is 0. The fraction of sp³-hybridized carbons (Fsp3) is 0.450. The lowest BCUT2D eigenvalue weighted by atomic mass is 10.0. The fourth-order valence-electron chi connectivity index (χ4n) is 3.28. The van der Waals surface area contributed by atoms with E-state index in [9.17, 15) is 9.59 Å². The number of benzene rings is 1. The number of hydrogen-bond donors (Lipinski definition) is 2. The van der Waals surface area contributed by atoms with Crippen molar-refractivity contribution in [1.82, 2.24) is 15.2 Å². The van der Waals surface area contributed by atoms with Crippen LogP contribution in [0.15, 0.2) is 35.7 Å². The van der Waals surface area contributed by atoms with E-state index in [0.29, 0.717) is 24.7 Å². The van der Waals surface area contributed by atoms with Crippen LogP contribution < -0.4 is 10.6 Å². The molecule has 2 heterocycles. The van der Waals surface area contributed by atoms with Gasteiger partial charge in [-0.1, -0.05) is 24.6 Å². The Bertz CT molecular complexity index is 781. The highest BCUT2D eigenvalue weighted by Crippen LogP contribution is 2.21. The average molecular weight is 403 g/mol. The number of nitrogens with zero attached hydrogens (tertiary/aromatic N) is 2. The Hall–Kier alpha value is -2.45. The molecule has 0 radical (unpaired) electrons. The predicted octanol–water partition coefficient (Wildman–Crippen LogP) is 3.50. The highest BCUT2D eigenvalue weighted by molar-refractivity contribution is 7.11. The number of rotatable bonds is 7. The number of aromatic nitrogens is 1. The average Bonchev–Trinajstić information content (AvgIpc) is 3.17. The van der Waals surface area contributed by atoms with Gasteiger partial charge in [-0.3, -0.25) is 4.90 Å². The summed E-state index contributed by atoms with van der Waals surface area (Å²) in [6.07, 6.45) is 3.30. The van der Waals surface area contributed by atoms with Crippen molar-refractivity contribution in [2.24, 2.45) is 0 Å². The number of hydrogen-bond acceptors (Lipinski definition) is 6. The van der Waals surface area contributed by atoms with E-state index in [0.717, 1.165) is 37.2 Å². The molecule has 1 atom stereocenters. The molecular formula is C20H26N4O3S. The van der Waals surface area contributed by atoms with E-state index in [1.165, 1.54) is 11.3 Å². The molecule has 0 saturated carbocycles. The van der Waals surface area contributed by atoms with Crippen molar-refractivity contribution < 1.29 is 14.3 Å². The van der Waals surface area contributed by atoms with E-state index in [4.69, 9.17) is 4.74 Å². The molecule has 28 heavy (non-hydrogen) atoms. The van der Waals surface area contributed by atoms with Crippen molar-refractivity contribution in [3.63, 3.8) is 0 Å². The van der Waals surface area contributed by atoms with Crippen molar-refractivity contribution in [2.75, 3.05) is 25.0 Å². The van der Waals surface area contributed by atoms with Crippen LogP contribution in [0.4, 0.5) is 10.5 Å². The lowest BCUT2D eigenvalue weighted by Crippen LogP contribution is -2.47. The fourth-order valence-corrected chi connectivity index (χ4v) is 3.98. The Morgan fingerprint density at radius 2 is 2.11 bits per heavy atom. The van der Waals surface area contributed by atoms with E-state index in [1.807, 2.05) is 35.7 Å². The van der Waals surface area contributed by atoms with Gasteiger partial charge >= 0.3 is 12.0 Å². The molecule has 1 fully saturated rings. The Labute approximate surface area is 169 Å². The van der Waals surface area contributed by atoms with Gasteiger partial charge in [0.15, 0.2) is 0 Å². The minimum atomic E-state index is -0.367. The van der Waals surface area contributed by atoms with Crippen molar-refractivity contribution in [1.29, 1.82) is 0 Å². The smallest absolute Gasteiger partial charge is 0.367 e. The predicted molar refractivity (Wildman–Crippen MR) is 110 cm³/mol. The molecule has 1 saturated heterocycles. The standard InChI is InChI=1S/C20H26N4O3S/c1-2-27-19(25)18-22-16(14-28-18)13-24-11-7-6-10-17(24)12-21-20(26)23-15-8-4-3-5-9-15/h3-5,8-9,14,17H,2,6-7,10-13H2,1H3,(H2,21,23,26). The second kappa shape index (κ2) is 10.2. The van der Waals surface area contributed by atoms with Gasteiger partial charge in [0.1, 0.15) is 0 Å². The summed E-state index contributed by atoms with van der Waals surface area (Å²) in [6, 6.07) is 9.45. The highest BCUT2D eigenvalue weighted by atomic mass is 32.1. The molecule has 0 aliphatic carbocycles. The third-order valence-electron chi connectivity index (χ3n) is 4.65. The van der Waals surface area contributed by atoms with Crippen molar-refractivity contribution in [3.05, 3.63) is 46.4 Å². The van der Waals surface area contributed by atoms with Crippen LogP contribution in [0, 0.1) is 0 Å². The van der Waals surface area contributed by atoms with E-state index < -0.39 is 0 Å². The first-order valence-corrected chi connectivity index (χ1v) is 10.5. The van der Waals surface area contributed by atoms with Gasteiger partial charge < -0.3 is 15.4 Å². The Balaban J connectivity index is 1.52. The summed E-state index contributed by atoms with van der Waals surface area (Å²) in [5.41, 5.74) is 1.64. The van der Waals surface area contributed by atoms with Crippen LogP contribution >= 0.6 is 11.3 Å². The van der Waals surface area contributed by atoms with Crippen molar-refractivity contribution >= 4 is 29.0 Å². The number of nitrogens with one attached hydrogen (secondary N) is 2. The third-order valence-corrected chi connectivity index (χ3v) is 5.52. The number of piperidine rings is 1. The van der Waals surface area contributed by atoms with Crippen molar-refractivity contribution in [3.8, 4) is 0 Å². The molecule has 2 amide bonds. The number of likely N-dealkylation sites (tertiary alicyclic amines) is 1. The van der Waals surface area contributed by atoms with Crippen LogP contribution in [-0.2, 0) is 11.3 Å². The molecule has 3 rings (SSSR count). The topological polar surface area (TPSA) is 83.6 Å².